The number of piperazine rings is 1. The quantitative estimate of drug-likeness (QED) is 0.867. The van der Waals surface area contributed by atoms with Crippen LogP contribution >= 0.6 is 0 Å². The molecule has 0 bridgehead atoms. The highest BCUT2D eigenvalue weighted by molar-refractivity contribution is 5.29. The topological polar surface area (TPSA) is 28.6 Å². The van der Waals surface area contributed by atoms with E-state index in [1.165, 1.54) is 11.1 Å². The zero-order valence-corrected chi connectivity index (χ0v) is 13.3. The van der Waals surface area contributed by atoms with E-state index in [1.807, 2.05) is 24.5 Å². The highest BCUT2D eigenvalue weighted by Crippen LogP contribution is 2.26. The van der Waals surface area contributed by atoms with Crippen molar-refractivity contribution in [1.29, 1.82) is 0 Å². The highest BCUT2D eigenvalue weighted by Gasteiger charge is 2.25. The van der Waals surface area contributed by atoms with Crippen LogP contribution in [0, 0.1) is 0 Å². The first kappa shape index (κ1) is 15.0. The van der Waals surface area contributed by atoms with Crippen LogP contribution in [0.3, 0.4) is 0 Å². The van der Waals surface area contributed by atoms with Crippen LogP contribution in [0.2, 0.25) is 0 Å². The van der Waals surface area contributed by atoms with E-state index in [2.05, 4.69) is 46.1 Å². The van der Waals surface area contributed by atoms with Crippen LogP contribution in [0.1, 0.15) is 17.2 Å². The summed E-state index contributed by atoms with van der Waals surface area (Å²) in [7, 11) is 3.91. The second kappa shape index (κ2) is 6.90. The van der Waals surface area contributed by atoms with Crippen molar-refractivity contribution in [2.24, 2.45) is 0 Å². The smallest absolute Gasteiger partial charge is 0.118 e. The maximum absolute atomic E-state index is 5.25. The molecule has 0 radical (unpaired) electrons. The van der Waals surface area contributed by atoms with Crippen molar-refractivity contribution < 1.29 is 4.74 Å². The van der Waals surface area contributed by atoms with Gasteiger partial charge in [0.05, 0.1) is 7.11 Å². The van der Waals surface area contributed by atoms with Gasteiger partial charge in [-0.3, -0.25) is 14.8 Å². The van der Waals surface area contributed by atoms with Gasteiger partial charge < -0.3 is 4.74 Å². The minimum Gasteiger partial charge on any atom is -0.497 e. The first-order chi connectivity index (χ1) is 10.8. The minimum atomic E-state index is 0.432. The Hall–Kier alpha value is -1.91. The first-order valence-electron chi connectivity index (χ1n) is 7.71. The summed E-state index contributed by atoms with van der Waals surface area (Å²) in [5, 5.41) is 0. The number of aromatic nitrogens is 1. The number of hydrogen-bond donors (Lipinski definition) is 0. The van der Waals surface area contributed by atoms with E-state index >= 15 is 0 Å². The number of pyridine rings is 1. The van der Waals surface area contributed by atoms with Gasteiger partial charge in [-0.25, -0.2) is 0 Å². The normalized spacial score (nSPS) is 20.0. The molecule has 1 aromatic carbocycles. The molecule has 2 aromatic rings. The van der Waals surface area contributed by atoms with Crippen LogP contribution in [0.4, 0.5) is 0 Å². The number of nitrogens with zero attached hydrogens (tertiary/aromatic N) is 3. The number of ether oxygens (including phenoxy) is 1. The van der Waals surface area contributed by atoms with Gasteiger partial charge in [0.15, 0.2) is 0 Å². The number of likely N-dealkylation sites (N-methyl/N-ethyl adjacent to an activating group) is 1. The van der Waals surface area contributed by atoms with Crippen LogP contribution < -0.4 is 4.74 Å². The SMILES string of the molecule is COc1ccc([C@H]2CN(Cc3ccncc3)CCN2C)cc1. The van der Waals surface area contributed by atoms with Gasteiger partial charge in [0, 0.05) is 44.6 Å². The van der Waals surface area contributed by atoms with Crippen LogP contribution in [-0.4, -0.2) is 48.6 Å². The zero-order valence-electron chi connectivity index (χ0n) is 13.3. The van der Waals surface area contributed by atoms with Crippen molar-refractivity contribution in [1.82, 2.24) is 14.8 Å². The minimum absolute atomic E-state index is 0.432. The summed E-state index contributed by atoms with van der Waals surface area (Å²) in [6.45, 7) is 4.22. The van der Waals surface area contributed by atoms with Gasteiger partial charge in [-0.15, -0.1) is 0 Å². The van der Waals surface area contributed by atoms with Crippen LogP contribution in [0.15, 0.2) is 48.8 Å². The zero-order chi connectivity index (χ0) is 15.4. The van der Waals surface area contributed by atoms with E-state index in [-0.39, 0.29) is 0 Å². The molecule has 1 aliphatic rings. The maximum atomic E-state index is 5.25. The van der Waals surface area contributed by atoms with E-state index < -0.39 is 0 Å². The molecule has 0 spiro atoms. The van der Waals surface area contributed by atoms with Gasteiger partial charge in [0.1, 0.15) is 5.75 Å². The largest absolute Gasteiger partial charge is 0.497 e. The molecule has 2 heterocycles. The van der Waals surface area contributed by atoms with Crippen LogP contribution in [0.25, 0.3) is 0 Å². The molecule has 1 aromatic heterocycles. The molecule has 1 fully saturated rings. The summed E-state index contributed by atoms with van der Waals surface area (Å²) >= 11 is 0. The molecule has 0 amide bonds. The lowest BCUT2D eigenvalue weighted by atomic mass is 10.0. The third-order valence-electron chi connectivity index (χ3n) is 4.39. The Morgan fingerprint density at radius 3 is 2.50 bits per heavy atom. The molecule has 1 saturated heterocycles. The van der Waals surface area contributed by atoms with Crippen molar-refractivity contribution in [3.63, 3.8) is 0 Å². The van der Waals surface area contributed by atoms with Gasteiger partial charge >= 0.3 is 0 Å². The van der Waals surface area contributed by atoms with Gasteiger partial charge in [-0.1, -0.05) is 12.1 Å². The van der Waals surface area contributed by atoms with Crippen molar-refractivity contribution in [2.45, 2.75) is 12.6 Å². The van der Waals surface area contributed by atoms with E-state index in [0.29, 0.717) is 6.04 Å². The molecule has 0 N–H and O–H groups in total. The Kier molecular flexibility index (Phi) is 4.71. The second-order valence-corrected chi connectivity index (χ2v) is 5.86. The average Bonchev–Trinajstić information content (AvgIpc) is 2.58. The van der Waals surface area contributed by atoms with Crippen molar-refractivity contribution in [3.05, 3.63) is 59.9 Å². The number of hydrogen-bond acceptors (Lipinski definition) is 4. The Morgan fingerprint density at radius 2 is 1.82 bits per heavy atom. The van der Waals surface area contributed by atoms with Crippen molar-refractivity contribution >= 4 is 0 Å². The van der Waals surface area contributed by atoms with Gasteiger partial charge in [-0.05, 0) is 42.4 Å². The van der Waals surface area contributed by atoms with Crippen LogP contribution in [-0.2, 0) is 6.54 Å². The molecular weight excluding hydrogens is 274 g/mol. The summed E-state index contributed by atoms with van der Waals surface area (Å²) < 4.78 is 5.25. The molecule has 0 unspecified atom stereocenters. The third-order valence-corrected chi connectivity index (χ3v) is 4.39. The summed E-state index contributed by atoms with van der Waals surface area (Å²) in [6, 6.07) is 13.1. The number of rotatable bonds is 4. The van der Waals surface area contributed by atoms with E-state index in [4.69, 9.17) is 4.74 Å². The molecule has 4 nitrogen and oxygen atoms in total. The van der Waals surface area contributed by atoms with E-state index in [0.717, 1.165) is 31.9 Å². The van der Waals surface area contributed by atoms with Crippen molar-refractivity contribution in [3.8, 4) is 5.75 Å². The molecule has 0 aliphatic carbocycles. The molecule has 3 rings (SSSR count). The fourth-order valence-corrected chi connectivity index (χ4v) is 3.01. The lowest BCUT2D eigenvalue weighted by Crippen LogP contribution is -2.46. The Morgan fingerprint density at radius 1 is 1.09 bits per heavy atom. The molecule has 4 heteroatoms. The van der Waals surface area contributed by atoms with Gasteiger partial charge in [0.25, 0.3) is 0 Å². The fourth-order valence-electron chi connectivity index (χ4n) is 3.01. The fraction of sp³-hybridized carbons (Fsp3) is 0.389. The molecule has 1 atom stereocenters. The van der Waals surface area contributed by atoms with Gasteiger partial charge in [-0.2, -0.15) is 0 Å². The maximum Gasteiger partial charge on any atom is 0.118 e. The summed E-state index contributed by atoms with van der Waals surface area (Å²) in [5.74, 6) is 0.913. The monoisotopic (exact) mass is 297 g/mol. The molecule has 1 aliphatic heterocycles. The lowest BCUT2D eigenvalue weighted by molar-refractivity contribution is 0.0904. The molecule has 22 heavy (non-hydrogen) atoms. The van der Waals surface area contributed by atoms with Crippen LogP contribution in [0.5, 0.6) is 5.75 Å². The lowest BCUT2D eigenvalue weighted by Gasteiger charge is -2.39. The van der Waals surface area contributed by atoms with Crippen molar-refractivity contribution in [2.75, 3.05) is 33.8 Å². The molecular formula is C18H23N3O. The van der Waals surface area contributed by atoms with E-state index in [9.17, 15) is 0 Å². The number of methoxy groups -OCH3 is 1. The van der Waals surface area contributed by atoms with Gasteiger partial charge in [0.2, 0.25) is 0 Å². The first-order valence-corrected chi connectivity index (χ1v) is 7.71. The van der Waals surface area contributed by atoms with E-state index in [1.54, 1.807) is 7.11 Å². The number of benzene rings is 1. The predicted molar refractivity (Wildman–Crippen MR) is 87.9 cm³/mol. The third kappa shape index (κ3) is 3.46. The summed E-state index contributed by atoms with van der Waals surface area (Å²) in [6.07, 6.45) is 3.73. The highest BCUT2D eigenvalue weighted by atomic mass is 16.5. The standard InChI is InChI=1S/C18H23N3O/c1-20-11-12-21(13-15-7-9-19-10-8-15)14-18(20)16-3-5-17(22-2)6-4-16/h3-10,18H,11-14H2,1-2H3/t18-/m1/s1. The molecule has 0 saturated carbocycles. The molecule has 116 valence electrons. The summed E-state index contributed by atoms with van der Waals surface area (Å²) in [4.78, 5) is 9.04. The average molecular weight is 297 g/mol. The summed E-state index contributed by atoms with van der Waals surface area (Å²) in [5.41, 5.74) is 2.68. The predicted octanol–water partition coefficient (Wildman–Crippen LogP) is 2.58. The Labute approximate surface area is 132 Å². The Bertz CT molecular complexity index is 585. The Balaban J connectivity index is 1.70. The second-order valence-electron chi connectivity index (χ2n) is 5.86.